The van der Waals surface area contributed by atoms with Gasteiger partial charge >= 0.3 is 0 Å². The van der Waals surface area contributed by atoms with Crippen LogP contribution >= 0.6 is 0 Å². The molecule has 0 atom stereocenters. The smallest absolute Gasteiger partial charge is 0.223 e. The van der Waals surface area contributed by atoms with Crippen molar-refractivity contribution in [2.24, 2.45) is 0 Å². The highest BCUT2D eigenvalue weighted by molar-refractivity contribution is 5.83. The van der Waals surface area contributed by atoms with Gasteiger partial charge in [0.2, 0.25) is 11.8 Å². The summed E-state index contributed by atoms with van der Waals surface area (Å²) in [5.41, 5.74) is 2.10. The number of nitrogens with zero attached hydrogens (tertiary/aromatic N) is 2. The number of rotatable bonds is 7. The van der Waals surface area contributed by atoms with Gasteiger partial charge in [0.1, 0.15) is 0 Å². The molecule has 1 aliphatic heterocycles. The fraction of sp³-hybridized carbons (Fsp3) is 0.611. The number of anilines is 1. The summed E-state index contributed by atoms with van der Waals surface area (Å²) in [6.45, 7) is 4.86. The molecule has 0 unspecified atom stereocenters. The Morgan fingerprint density at radius 3 is 2.58 bits per heavy atom. The second-order valence-corrected chi connectivity index (χ2v) is 6.26. The maximum absolute atomic E-state index is 12.1. The van der Waals surface area contributed by atoms with E-state index in [9.17, 15) is 9.59 Å². The van der Waals surface area contributed by atoms with Crippen LogP contribution in [0.15, 0.2) is 18.5 Å². The molecule has 2 rings (SSSR count). The number of likely N-dealkylation sites (tertiary alicyclic amines) is 1. The molecule has 2 heterocycles. The average molecular weight is 332 g/mol. The minimum absolute atomic E-state index is 0.0635. The van der Waals surface area contributed by atoms with Gasteiger partial charge in [-0.1, -0.05) is 12.8 Å². The minimum Gasteiger partial charge on any atom is -0.383 e. The number of carbonyl (C=O) groups is 2. The van der Waals surface area contributed by atoms with Crippen molar-refractivity contribution in [3.05, 3.63) is 24.0 Å². The molecule has 24 heavy (non-hydrogen) atoms. The molecule has 1 aliphatic rings. The Morgan fingerprint density at radius 2 is 1.88 bits per heavy atom. The molecule has 0 spiro atoms. The second-order valence-electron chi connectivity index (χ2n) is 6.26. The lowest BCUT2D eigenvalue weighted by Gasteiger charge is -2.20. The van der Waals surface area contributed by atoms with Gasteiger partial charge in [0, 0.05) is 57.1 Å². The summed E-state index contributed by atoms with van der Waals surface area (Å²) >= 11 is 0. The Bertz CT molecular complexity index is 540. The predicted molar refractivity (Wildman–Crippen MR) is 94.8 cm³/mol. The summed E-state index contributed by atoms with van der Waals surface area (Å²) in [6, 6.07) is 1.91. The fourth-order valence-electron chi connectivity index (χ4n) is 2.86. The van der Waals surface area contributed by atoms with Gasteiger partial charge in [0.05, 0.1) is 0 Å². The zero-order valence-electron chi connectivity index (χ0n) is 14.5. The van der Waals surface area contributed by atoms with Gasteiger partial charge in [-0.15, -0.1) is 0 Å². The third-order valence-corrected chi connectivity index (χ3v) is 4.31. The minimum atomic E-state index is -0.0635. The van der Waals surface area contributed by atoms with Crippen LogP contribution in [-0.4, -0.2) is 47.9 Å². The van der Waals surface area contributed by atoms with Crippen molar-refractivity contribution < 1.29 is 9.59 Å². The van der Waals surface area contributed by atoms with E-state index in [-0.39, 0.29) is 18.2 Å². The third-order valence-electron chi connectivity index (χ3n) is 4.31. The lowest BCUT2D eigenvalue weighted by Crippen LogP contribution is -2.34. The SMILES string of the molecule is Cc1cnccc1NCCNC(=O)CCC(=O)N1CCCCCC1. The summed E-state index contributed by atoms with van der Waals surface area (Å²) in [5.74, 6) is 0.0454. The molecule has 0 radical (unpaired) electrons. The van der Waals surface area contributed by atoms with Crippen LogP contribution in [0.3, 0.4) is 0 Å². The topological polar surface area (TPSA) is 74.3 Å². The molecule has 0 saturated carbocycles. The molecule has 0 aliphatic carbocycles. The van der Waals surface area contributed by atoms with Crippen molar-refractivity contribution in [2.75, 3.05) is 31.5 Å². The van der Waals surface area contributed by atoms with Crippen LogP contribution in [-0.2, 0) is 9.59 Å². The van der Waals surface area contributed by atoms with E-state index in [4.69, 9.17) is 0 Å². The Kier molecular flexibility index (Phi) is 7.52. The standard InChI is InChI=1S/C18H28N4O2/c1-15-14-19-9-8-16(15)20-10-11-21-17(23)6-7-18(24)22-12-4-2-3-5-13-22/h8-9,14H,2-7,10-13H2,1H3,(H,19,20)(H,21,23). The number of aryl methyl sites for hydroxylation is 1. The number of amides is 2. The molecule has 1 aromatic rings. The molecular weight excluding hydrogens is 304 g/mol. The van der Waals surface area contributed by atoms with Crippen LogP contribution in [0.1, 0.15) is 44.1 Å². The van der Waals surface area contributed by atoms with E-state index in [2.05, 4.69) is 15.6 Å². The zero-order chi connectivity index (χ0) is 17.2. The van der Waals surface area contributed by atoms with Crippen LogP contribution in [0.25, 0.3) is 0 Å². The largest absolute Gasteiger partial charge is 0.383 e. The molecule has 6 heteroatoms. The molecule has 2 amide bonds. The van der Waals surface area contributed by atoms with E-state index in [1.54, 1.807) is 12.4 Å². The Labute approximate surface area is 144 Å². The molecule has 1 saturated heterocycles. The molecule has 6 nitrogen and oxygen atoms in total. The molecule has 0 aromatic carbocycles. The number of aromatic nitrogens is 1. The fourth-order valence-corrected chi connectivity index (χ4v) is 2.86. The summed E-state index contributed by atoms with van der Waals surface area (Å²) in [7, 11) is 0. The summed E-state index contributed by atoms with van der Waals surface area (Å²) < 4.78 is 0. The van der Waals surface area contributed by atoms with Crippen LogP contribution < -0.4 is 10.6 Å². The van der Waals surface area contributed by atoms with Gasteiger partial charge < -0.3 is 15.5 Å². The van der Waals surface area contributed by atoms with Gasteiger partial charge in [-0.2, -0.15) is 0 Å². The van der Waals surface area contributed by atoms with Crippen LogP contribution in [0.2, 0.25) is 0 Å². The normalized spacial score (nSPS) is 14.8. The second kappa shape index (κ2) is 9.90. The van der Waals surface area contributed by atoms with Crippen molar-refractivity contribution in [2.45, 2.75) is 45.4 Å². The monoisotopic (exact) mass is 332 g/mol. The van der Waals surface area contributed by atoms with Crippen molar-refractivity contribution in [1.29, 1.82) is 0 Å². The first kappa shape index (κ1) is 18.2. The molecule has 1 fully saturated rings. The Balaban J connectivity index is 1.59. The van der Waals surface area contributed by atoms with Crippen LogP contribution in [0.5, 0.6) is 0 Å². The predicted octanol–water partition coefficient (Wildman–Crippen LogP) is 2.10. The quantitative estimate of drug-likeness (QED) is 0.750. The van der Waals surface area contributed by atoms with Crippen molar-refractivity contribution in [3.63, 3.8) is 0 Å². The van der Waals surface area contributed by atoms with Crippen molar-refractivity contribution >= 4 is 17.5 Å². The Morgan fingerprint density at radius 1 is 1.12 bits per heavy atom. The molecule has 0 bridgehead atoms. The first-order valence-corrected chi connectivity index (χ1v) is 8.86. The average Bonchev–Trinajstić information content (AvgIpc) is 2.87. The van der Waals surface area contributed by atoms with E-state index in [0.29, 0.717) is 19.5 Å². The highest BCUT2D eigenvalue weighted by Gasteiger charge is 2.16. The third kappa shape index (κ3) is 6.18. The zero-order valence-corrected chi connectivity index (χ0v) is 14.5. The number of hydrogen-bond acceptors (Lipinski definition) is 4. The maximum Gasteiger partial charge on any atom is 0.223 e. The van der Waals surface area contributed by atoms with E-state index < -0.39 is 0 Å². The number of pyridine rings is 1. The summed E-state index contributed by atoms with van der Waals surface area (Å²) in [5, 5.41) is 6.12. The first-order chi connectivity index (χ1) is 11.7. The first-order valence-electron chi connectivity index (χ1n) is 8.86. The number of hydrogen-bond donors (Lipinski definition) is 2. The van der Waals surface area contributed by atoms with Gasteiger partial charge in [-0.05, 0) is 31.4 Å². The van der Waals surface area contributed by atoms with Gasteiger partial charge in [0.15, 0.2) is 0 Å². The Hall–Kier alpha value is -2.11. The lowest BCUT2D eigenvalue weighted by molar-refractivity contribution is -0.133. The van der Waals surface area contributed by atoms with Crippen LogP contribution in [0, 0.1) is 6.92 Å². The van der Waals surface area contributed by atoms with Gasteiger partial charge in [-0.3, -0.25) is 14.6 Å². The summed E-state index contributed by atoms with van der Waals surface area (Å²) in [6.07, 6.45) is 8.68. The highest BCUT2D eigenvalue weighted by Crippen LogP contribution is 2.12. The van der Waals surface area contributed by atoms with E-state index in [1.807, 2.05) is 17.9 Å². The lowest BCUT2D eigenvalue weighted by atomic mass is 10.2. The highest BCUT2D eigenvalue weighted by atomic mass is 16.2. The van der Waals surface area contributed by atoms with Gasteiger partial charge in [-0.25, -0.2) is 0 Å². The van der Waals surface area contributed by atoms with Crippen LogP contribution in [0.4, 0.5) is 5.69 Å². The molecule has 132 valence electrons. The summed E-state index contributed by atoms with van der Waals surface area (Å²) in [4.78, 5) is 29.9. The van der Waals surface area contributed by atoms with E-state index in [1.165, 1.54) is 12.8 Å². The van der Waals surface area contributed by atoms with E-state index >= 15 is 0 Å². The van der Waals surface area contributed by atoms with Gasteiger partial charge in [0.25, 0.3) is 0 Å². The molecule has 2 N–H and O–H groups in total. The molecular formula is C18H28N4O2. The number of carbonyl (C=O) groups excluding carboxylic acids is 2. The van der Waals surface area contributed by atoms with E-state index in [0.717, 1.165) is 37.2 Å². The van der Waals surface area contributed by atoms with Crippen molar-refractivity contribution in [1.82, 2.24) is 15.2 Å². The number of nitrogens with one attached hydrogen (secondary N) is 2. The van der Waals surface area contributed by atoms with Crippen molar-refractivity contribution in [3.8, 4) is 0 Å². The molecule has 1 aromatic heterocycles. The maximum atomic E-state index is 12.1.